The second kappa shape index (κ2) is 3.86. The van der Waals surface area contributed by atoms with Gasteiger partial charge in [-0.25, -0.2) is 0 Å². The first kappa shape index (κ1) is 9.30. The van der Waals surface area contributed by atoms with Crippen LogP contribution >= 0.6 is 0 Å². The highest BCUT2D eigenvalue weighted by Gasteiger charge is 2.28. The molecule has 0 aromatic carbocycles. The molecule has 0 heteroatoms. The van der Waals surface area contributed by atoms with Crippen LogP contribution in [0.4, 0.5) is 0 Å². The van der Waals surface area contributed by atoms with E-state index in [0.29, 0.717) is 0 Å². The van der Waals surface area contributed by atoms with Crippen LogP contribution < -0.4 is 0 Å². The van der Waals surface area contributed by atoms with E-state index in [0.717, 1.165) is 17.8 Å². The summed E-state index contributed by atoms with van der Waals surface area (Å²) < 4.78 is 0. The molecule has 1 saturated carbocycles. The minimum atomic E-state index is 0.794. The zero-order valence-corrected chi connectivity index (χ0v) is 9.05. The van der Waals surface area contributed by atoms with Crippen molar-refractivity contribution in [3.05, 3.63) is 11.6 Å². The fraction of sp³-hybridized carbons (Fsp3) is 0.846. The minimum Gasteiger partial charge on any atom is -0.0848 e. The maximum atomic E-state index is 2.54. The molecule has 0 N–H and O–H groups in total. The summed E-state index contributed by atoms with van der Waals surface area (Å²) >= 11 is 0. The Hall–Kier alpha value is -0.260. The first-order chi connectivity index (χ1) is 6.27. The molecule has 74 valence electrons. The zero-order valence-electron chi connectivity index (χ0n) is 9.05. The molecule has 0 saturated heterocycles. The summed E-state index contributed by atoms with van der Waals surface area (Å²) in [6.07, 6.45) is 11.3. The average molecular weight is 178 g/mol. The molecule has 0 radical (unpaired) electrons. The van der Waals surface area contributed by atoms with Crippen molar-refractivity contribution in [2.75, 3.05) is 0 Å². The standard InChI is InChI=1S/C13H22/c1-10(2)12-8-7-11-5-3-4-6-13(11)9-12/h8,10-11,13H,3-7,9H2,1-2H3. The molecular weight excluding hydrogens is 156 g/mol. The van der Waals surface area contributed by atoms with E-state index < -0.39 is 0 Å². The Labute approximate surface area is 82.4 Å². The topological polar surface area (TPSA) is 0 Å². The lowest BCUT2D eigenvalue weighted by Gasteiger charge is -2.36. The van der Waals surface area contributed by atoms with E-state index in [2.05, 4.69) is 19.9 Å². The summed E-state index contributed by atoms with van der Waals surface area (Å²) in [5, 5.41) is 0. The third-order valence-electron chi connectivity index (χ3n) is 3.99. The smallest absolute Gasteiger partial charge is 0.0260 e. The van der Waals surface area contributed by atoms with Crippen LogP contribution in [0.15, 0.2) is 11.6 Å². The van der Waals surface area contributed by atoms with Gasteiger partial charge in [0.15, 0.2) is 0 Å². The van der Waals surface area contributed by atoms with Gasteiger partial charge in [-0.15, -0.1) is 0 Å². The van der Waals surface area contributed by atoms with Gasteiger partial charge in [0.1, 0.15) is 0 Å². The normalized spacial score (nSPS) is 34.2. The van der Waals surface area contributed by atoms with E-state index >= 15 is 0 Å². The van der Waals surface area contributed by atoms with E-state index in [-0.39, 0.29) is 0 Å². The van der Waals surface area contributed by atoms with E-state index in [9.17, 15) is 0 Å². The third-order valence-corrected chi connectivity index (χ3v) is 3.99. The molecule has 0 amide bonds. The SMILES string of the molecule is CC(C)C1=CCC2CCCCC2C1. The molecule has 2 rings (SSSR count). The molecule has 0 nitrogen and oxygen atoms in total. The van der Waals surface area contributed by atoms with Crippen molar-refractivity contribution < 1.29 is 0 Å². The molecule has 0 heterocycles. The van der Waals surface area contributed by atoms with Crippen molar-refractivity contribution in [3.8, 4) is 0 Å². The van der Waals surface area contributed by atoms with Crippen molar-refractivity contribution >= 4 is 0 Å². The lowest BCUT2D eigenvalue weighted by atomic mass is 9.70. The van der Waals surface area contributed by atoms with Crippen LogP contribution in [0.2, 0.25) is 0 Å². The molecular formula is C13H22. The van der Waals surface area contributed by atoms with Crippen molar-refractivity contribution in [1.29, 1.82) is 0 Å². The van der Waals surface area contributed by atoms with Crippen LogP contribution in [0.3, 0.4) is 0 Å². The fourth-order valence-corrected chi connectivity index (χ4v) is 3.02. The predicted octanol–water partition coefficient (Wildman–Crippen LogP) is 4.17. The van der Waals surface area contributed by atoms with Gasteiger partial charge in [-0.2, -0.15) is 0 Å². The monoisotopic (exact) mass is 178 g/mol. The third kappa shape index (κ3) is 1.98. The van der Waals surface area contributed by atoms with Crippen LogP contribution in [0.25, 0.3) is 0 Å². The van der Waals surface area contributed by atoms with Gasteiger partial charge in [0.2, 0.25) is 0 Å². The van der Waals surface area contributed by atoms with Gasteiger partial charge < -0.3 is 0 Å². The summed E-state index contributed by atoms with van der Waals surface area (Å²) in [6, 6.07) is 0. The van der Waals surface area contributed by atoms with Gasteiger partial charge in [-0.1, -0.05) is 38.3 Å². The van der Waals surface area contributed by atoms with Crippen LogP contribution in [0, 0.1) is 17.8 Å². The molecule has 0 bridgehead atoms. The highest BCUT2D eigenvalue weighted by atomic mass is 14.3. The van der Waals surface area contributed by atoms with Gasteiger partial charge in [-0.05, 0) is 43.4 Å². The summed E-state index contributed by atoms with van der Waals surface area (Å²) in [6.45, 7) is 4.68. The van der Waals surface area contributed by atoms with Crippen molar-refractivity contribution in [3.63, 3.8) is 0 Å². The van der Waals surface area contributed by atoms with Gasteiger partial charge >= 0.3 is 0 Å². The predicted molar refractivity (Wildman–Crippen MR) is 57.6 cm³/mol. The van der Waals surface area contributed by atoms with Crippen molar-refractivity contribution in [1.82, 2.24) is 0 Å². The van der Waals surface area contributed by atoms with E-state index in [1.165, 1.54) is 38.5 Å². The first-order valence-corrected chi connectivity index (χ1v) is 5.96. The summed E-state index contributed by atoms with van der Waals surface area (Å²) in [5.74, 6) is 2.90. The molecule has 0 aromatic heterocycles. The molecule has 0 aliphatic heterocycles. The van der Waals surface area contributed by atoms with E-state index in [1.807, 2.05) is 0 Å². The number of allylic oxidation sites excluding steroid dienone is 2. The average Bonchev–Trinajstić information content (AvgIpc) is 2.17. The minimum absolute atomic E-state index is 0.794. The second-order valence-corrected chi connectivity index (χ2v) is 5.18. The molecule has 1 fully saturated rings. The molecule has 2 unspecified atom stereocenters. The molecule has 2 aliphatic rings. The molecule has 0 aromatic rings. The van der Waals surface area contributed by atoms with Crippen LogP contribution in [0.5, 0.6) is 0 Å². The van der Waals surface area contributed by atoms with Gasteiger partial charge in [0.05, 0.1) is 0 Å². The number of hydrogen-bond donors (Lipinski definition) is 0. The van der Waals surface area contributed by atoms with Crippen LogP contribution in [-0.2, 0) is 0 Å². The largest absolute Gasteiger partial charge is 0.0848 e. The van der Waals surface area contributed by atoms with Gasteiger partial charge in [0, 0.05) is 0 Å². The Morgan fingerprint density at radius 2 is 1.85 bits per heavy atom. The highest BCUT2D eigenvalue weighted by molar-refractivity contribution is 5.11. The summed E-state index contributed by atoms with van der Waals surface area (Å²) in [4.78, 5) is 0. The highest BCUT2D eigenvalue weighted by Crippen LogP contribution is 2.41. The molecule has 2 aliphatic carbocycles. The van der Waals surface area contributed by atoms with Gasteiger partial charge in [0.25, 0.3) is 0 Å². The molecule has 0 spiro atoms. The zero-order chi connectivity index (χ0) is 9.26. The van der Waals surface area contributed by atoms with E-state index in [1.54, 1.807) is 5.57 Å². The fourth-order valence-electron chi connectivity index (χ4n) is 3.02. The summed E-state index contributed by atoms with van der Waals surface area (Å²) in [7, 11) is 0. The van der Waals surface area contributed by atoms with Crippen molar-refractivity contribution in [2.24, 2.45) is 17.8 Å². The first-order valence-electron chi connectivity index (χ1n) is 5.96. The van der Waals surface area contributed by atoms with Crippen LogP contribution in [0.1, 0.15) is 52.4 Å². The number of rotatable bonds is 1. The Bertz CT molecular complexity index is 200. The Morgan fingerprint density at radius 3 is 2.54 bits per heavy atom. The number of fused-ring (bicyclic) bond motifs is 1. The lowest BCUT2D eigenvalue weighted by Crippen LogP contribution is -2.23. The summed E-state index contributed by atoms with van der Waals surface area (Å²) in [5.41, 5.74) is 1.74. The van der Waals surface area contributed by atoms with Gasteiger partial charge in [-0.3, -0.25) is 0 Å². The van der Waals surface area contributed by atoms with Crippen molar-refractivity contribution in [2.45, 2.75) is 52.4 Å². The number of hydrogen-bond acceptors (Lipinski definition) is 0. The Kier molecular flexibility index (Phi) is 2.76. The Balaban J connectivity index is 2.02. The molecule has 2 atom stereocenters. The molecule has 13 heavy (non-hydrogen) atoms. The lowest BCUT2D eigenvalue weighted by molar-refractivity contribution is 0.221. The maximum absolute atomic E-state index is 2.54. The van der Waals surface area contributed by atoms with E-state index in [4.69, 9.17) is 0 Å². The second-order valence-electron chi connectivity index (χ2n) is 5.18. The Morgan fingerprint density at radius 1 is 1.15 bits per heavy atom. The maximum Gasteiger partial charge on any atom is -0.0260 e. The van der Waals surface area contributed by atoms with Crippen LogP contribution in [-0.4, -0.2) is 0 Å². The quantitative estimate of drug-likeness (QED) is 0.529.